The highest BCUT2D eigenvalue weighted by atomic mass is 32.1. The van der Waals surface area contributed by atoms with Gasteiger partial charge in [-0.05, 0) is 75.6 Å². The van der Waals surface area contributed by atoms with Gasteiger partial charge in [0.1, 0.15) is 17.3 Å². The Morgan fingerprint density at radius 1 is 0.974 bits per heavy atom. The Morgan fingerprint density at radius 2 is 1.72 bits per heavy atom. The number of ether oxygens (including phenoxy) is 2. The van der Waals surface area contributed by atoms with Gasteiger partial charge in [0, 0.05) is 6.07 Å². The number of ketones is 1. The SMILES string of the molecule is CCOc1ccc(/C(O)=C2\C(=O)C(=O)N(c3nc4cc(C)c(C)cc4s3)C2c2cccc(C)c2)c(OCC)c1. The minimum absolute atomic E-state index is 0.0117. The molecule has 0 saturated carbocycles. The smallest absolute Gasteiger partial charge is 0.301 e. The van der Waals surface area contributed by atoms with Crippen LogP contribution in [0.1, 0.15) is 47.7 Å². The van der Waals surface area contributed by atoms with Crippen molar-refractivity contribution >= 4 is 44.1 Å². The third-order valence-corrected chi connectivity index (χ3v) is 7.84. The van der Waals surface area contributed by atoms with Crippen LogP contribution in [0.2, 0.25) is 0 Å². The van der Waals surface area contributed by atoms with Crippen molar-refractivity contribution in [3.05, 3.63) is 88.0 Å². The molecule has 0 aliphatic carbocycles. The number of hydrogen-bond acceptors (Lipinski definition) is 7. The van der Waals surface area contributed by atoms with Crippen LogP contribution in [-0.2, 0) is 9.59 Å². The summed E-state index contributed by atoms with van der Waals surface area (Å²) in [4.78, 5) is 33.4. The Bertz CT molecular complexity index is 1600. The van der Waals surface area contributed by atoms with Crippen molar-refractivity contribution in [1.82, 2.24) is 4.98 Å². The minimum Gasteiger partial charge on any atom is -0.507 e. The van der Waals surface area contributed by atoms with E-state index in [4.69, 9.17) is 14.5 Å². The van der Waals surface area contributed by atoms with Crippen molar-refractivity contribution < 1.29 is 24.2 Å². The highest BCUT2D eigenvalue weighted by Crippen LogP contribution is 2.45. The van der Waals surface area contributed by atoms with Crippen molar-refractivity contribution in [2.75, 3.05) is 18.1 Å². The molecule has 1 unspecified atom stereocenters. The lowest BCUT2D eigenvalue weighted by Gasteiger charge is -2.23. The van der Waals surface area contributed by atoms with Crippen molar-refractivity contribution in [3.63, 3.8) is 0 Å². The maximum absolute atomic E-state index is 13.6. The summed E-state index contributed by atoms with van der Waals surface area (Å²) in [6.07, 6.45) is 0. The molecule has 0 bridgehead atoms. The maximum atomic E-state index is 13.6. The Balaban J connectivity index is 1.73. The number of anilines is 1. The average Bonchev–Trinajstić information content (AvgIpc) is 3.42. The molecule has 7 nitrogen and oxygen atoms in total. The fourth-order valence-electron chi connectivity index (χ4n) is 4.83. The number of amides is 1. The molecular formula is C31H30N2O5S. The summed E-state index contributed by atoms with van der Waals surface area (Å²) in [5.41, 5.74) is 4.93. The molecule has 8 heteroatoms. The molecule has 1 N–H and O–H groups in total. The van der Waals surface area contributed by atoms with Crippen LogP contribution in [0, 0.1) is 20.8 Å². The molecule has 1 aliphatic heterocycles. The number of aryl methyl sites for hydroxylation is 3. The second-order valence-corrected chi connectivity index (χ2v) is 10.5. The zero-order chi connectivity index (χ0) is 27.8. The number of nitrogens with zero attached hydrogens (tertiary/aromatic N) is 2. The van der Waals surface area contributed by atoms with Crippen molar-refractivity contribution in [1.29, 1.82) is 0 Å². The van der Waals surface area contributed by atoms with E-state index < -0.39 is 17.7 Å². The van der Waals surface area contributed by atoms with Crippen LogP contribution in [0.25, 0.3) is 16.0 Å². The van der Waals surface area contributed by atoms with E-state index in [2.05, 4.69) is 0 Å². The number of aromatic nitrogens is 1. The second-order valence-electron chi connectivity index (χ2n) is 9.51. The molecule has 0 spiro atoms. The molecule has 200 valence electrons. The first-order valence-corrected chi connectivity index (χ1v) is 13.7. The van der Waals surface area contributed by atoms with E-state index in [0.717, 1.165) is 26.9 Å². The van der Waals surface area contributed by atoms with Crippen LogP contribution in [0.15, 0.2) is 60.2 Å². The quantitative estimate of drug-likeness (QED) is 0.160. The highest BCUT2D eigenvalue weighted by Gasteiger charge is 2.48. The Morgan fingerprint density at radius 3 is 2.44 bits per heavy atom. The predicted molar refractivity (Wildman–Crippen MR) is 154 cm³/mol. The third kappa shape index (κ3) is 4.76. The molecule has 1 aromatic heterocycles. The van der Waals surface area contributed by atoms with Crippen LogP contribution in [0.5, 0.6) is 11.5 Å². The number of aliphatic hydroxyl groups excluding tert-OH is 1. The molecule has 39 heavy (non-hydrogen) atoms. The molecule has 3 aromatic carbocycles. The van der Waals surface area contributed by atoms with Crippen LogP contribution in [0.3, 0.4) is 0 Å². The van der Waals surface area contributed by atoms with E-state index in [-0.39, 0.29) is 11.3 Å². The molecule has 2 heterocycles. The van der Waals surface area contributed by atoms with Gasteiger partial charge in [-0.1, -0.05) is 41.2 Å². The van der Waals surface area contributed by atoms with Gasteiger partial charge in [0.15, 0.2) is 5.13 Å². The Labute approximate surface area is 231 Å². The number of carbonyl (C=O) groups excluding carboxylic acids is 2. The Hall–Kier alpha value is -4.17. The molecular weight excluding hydrogens is 512 g/mol. The topological polar surface area (TPSA) is 89.0 Å². The highest BCUT2D eigenvalue weighted by molar-refractivity contribution is 7.22. The molecule has 1 amide bonds. The second kappa shape index (κ2) is 10.5. The van der Waals surface area contributed by atoms with Gasteiger partial charge in [0.2, 0.25) is 0 Å². The molecule has 5 rings (SSSR count). The molecule has 1 atom stereocenters. The lowest BCUT2D eigenvalue weighted by Crippen LogP contribution is -2.29. The van der Waals surface area contributed by atoms with E-state index in [1.165, 1.54) is 16.2 Å². The number of rotatable bonds is 7. The fourth-order valence-corrected chi connectivity index (χ4v) is 5.90. The van der Waals surface area contributed by atoms with Crippen LogP contribution in [-0.4, -0.2) is 35.0 Å². The molecule has 1 fully saturated rings. The van der Waals surface area contributed by atoms with Crippen molar-refractivity contribution in [2.24, 2.45) is 0 Å². The first-order chi connectivity index (χ1) is 18.7. The van der Waals surface area contributed by atoms with Crippen LogP contribution >= 0.6 is 11.3 Å². The van der Waals surface area contributed by atoms with Gasteiger partial charge in [0.25, 0.3) is 5.78 Å². The fraction of sp³-hybridized carbons (Fsp3) is 0.258. The summed E-state index contributed by atoms with van der Waals surface area (Å²) in [7, 11) is 0. The molecule has 4 aromatic rings. The standard InChI is InChI=1S/C31H30N2O5S/c1-6-37-21-11-12-22(24(16-21)38-7-2)28(34)26-27(20-10-8-9-17(3)13-20)33(30(36)29(26)35)31-32-23-14-18(4)19(5)15-25(23)39-31/h8-16,27,34H,6-7H2,1-5H3/b28-26+. The summed E-state index contributed by atoms with van der Waals surface area (Å²) in [6, 6.07) is 15.8. The zero-order valence-corrected chi connectivity index (χ0v) is 23.4. The van der Waals surface area contributed by atoms with Gasteiger partial charge >= 0.3 is 5.91 Å². The first kappa shape index (κ1) is 26.4. The van der Waals surface area contributed by atoms with E-state index in [0.29, 0.717) is 41.0 Å². The Kier molecular flexibility index (Phi) is 7.14. The monoisotopic (exact) mass is 542 g/mol. The molecule has 1 saturated heterocycles. The molecule has 0 radical (unpaired) electrons. The number of Topliss-reactive ketones (excluding diaryl/α,β-unsaturated/α-hetero) is 1. The van der Waals surface area contributed by atoms with Crippen molar-refractivity contribution in [3.8, 4) is 11.5 Å². The summed E-state index contributed by atoms with van der Waals surface area (Å²) < 4.78 is 12.3. The lowest BCUT2D eigenvalue weighted by atomic mass is 9.94. The number of benzene rings is 3. The van der Waals surface area contributed by atoms with Gasteiger partial charge < -0.3 is 14.6 Å². The zero-order valence-electron chi connectivity index (χ0n) is 22.6. The van der Waals surface area contributed by atoms with E-state index in [9.17, 15) is 14.7 Å². The normalized spacial score (nSPS) is 16.7. The largest absolute Gasteiger partial charge is 0.507 e. The summed E-state index contributed by atoms with van der Waals surface area (Å²) in [5, 5.41) is 12.1. The number of carbonyl (C=O) groups is 2. The van der Waals surface area contributed by atoms with Crippen LogP contribution < -0.4 is 14.4 Å². The summed E-state index contributed by atoms with van der Waals surface area (Å²) in [5.74, 6) is -0.877. The predicted octanol–water partition coefficient (Wildman–Crippen LogP) is 6.65. The van der Waals surface area contributed by atoms with E-state index in [1.807, 2.05) is 71.0 Å². The maximum Gasteiger partial charge on any atom is 0.301 e. The summed E-state index contributed by atoms with van der Waals surface area (Å²) >= 11 is 1.35. The van der Waals surface area contributed by atoms with Gasteiger partial charge in [-0.15, -0.1) is 0 Å². The number of fused-ring (bicyclic) bond motifs is 1. The number of hydrogen-bond donors (Lipinski definition) is 1. The van der Waals surface area contributed by atoms with E-state index in [1.54, 1.807) is 18.2 Å². The lowest BCUT2D eigenvalue weighted by molar-refractivity contribution is -0.132. The van der Waals surface area contributed by atoms with Gasteiger partial charge in [-0.3, -0.25) is 14.5 Å². The van der Waals surface area contributed by atoms with E-state index >= 15 is 0 Å². The molecule has 1 aliphatic rings. The summed E-state index contributed by atoms with van der Waals surface area (Å²) in [6.45, 7) is 10.5. The third-order valence-electron chi connectivity index (χ3n) is 6.82. The van der Waals surface area contributed by atoms with Gasteiger partial charge in [0.05, 0.1) is 40.6 Å². The van der Waals surface area contributed by atoms with Crippen molar-refractivity contribution in [2.45, 2.75) is 40.7 Å². The average molecular weight is 543 g/mol. The van der Waals surface area contributed by atoms with Crippen LogP contribution in [0.4, 0.5) is 5.13 Å². The number of aliphatic hydroxyl groups is 1. The first-order valence-electron chi connectivity index (χ1n) is 12.9. The van der Waals surface area contributed by atoms with Gasteiger partial charge in [-0.2, -0.15) is 0 Å². The van der Waals surface area contributed by atoms with Gasteiger partial charge in [-0.25, -0.2) is 4.98 Å². The minimum atomic E-state index is -0.867. The number of thiazole rings is 1.